The summed E-state index contributed by atoms with van der Waals surface area (Å²) in [6.45, 7) is 1.74. The number of benzene rings is 2. The predicted molar refractivity (Wildman–Crippen MR) is 111 cm³/mol. The number of anilines is 1. The minimum Gasteiger partial charge on any atom is -0.467 e. The molecular formula is C23H22N2O5. The SMILES string of the molecule is Cc1cccc(C(=O)Nc2ccccc2C(=O)OCC(=O)N(C)Cc2ccco2)c1. The van der Waals surface area contributed by atoms with Crippen LogP contribution in [0.5, 0.6) is 0 Å². The predicted octanol–water partition coefficient (Wildman–Crippen LogP) is 3.66. The lowest BCUT2D eigenvalue weighted by atomic mass is 10.1. The molecule has 0 bridgehead atoms. The largest absolute Gasteiger partial charge is 0.467 e. The van der Waals surface area contributed by atoms with Gasteiger partial charge in [-0.2, -0.15) is 0 Å². The zero-order valence-corrected chi connectivity index (χ0v) is 16.8. The van der Waals surface area contributed by atoms with Crippen molar-refractivity contribution < 1.29 is 23.5 Å². The Kier molecular flexibility index (Phi) is 6.64. The van der Waals surface area contributed by atoms with Gasteiger partial charge in [-0.15, -0.1) is 0 Å². The number of hydrogen-bond acceptors (Lipinski definition) is 5. The van der Waals surface area contributed by atoms with E-state index in [0.717, 1.165) is 5.56 Å². The third kappa shape index (κ3) is 5.35. The van der Waals surface area contributed by atoms with E-state index in [1.807, 2.05) is 13.0 Å². The molecule has 0 spiro atoms. The highest BCUT2D eigenvalue weighted by Gasteiger charge is 2.18. The van der Waals surface area contributed by atoms with Crippen LogP contribution in [0.2, 0.25) is 0 Å². The maximum absolute atomic E-state index is 12.5. The van der Waals surface area contributed by atoms with Crippen molar-refractivity contribution in [1.29, 1.82) is 0 Å². The van der Waals surface area contributed by atoms with E-state index in [-0.39, 0.29) is 23.9 Å². The summed E-state index contributed by atoms with van der Waals surface area (Å²) in [5.41, 5.74) is 1.91. The average Bonchev–Trinajstić information content (AvgIpc) is 3.25. The maximum atomic E-state index is 12.5. The number of nitrogens with zero attached hydrogens (tertiary/aromatic N) is 1. The first-order chi connectivity index (χ1) is 14.4. The highest BCUT2D eigenvalue weighted by atomic mass is 16.5. The van der Waals surface area contributed by atoms with E-state index in [0.29, 0.717) is 17.0 Å². The smallest absolute Gasteiger partial charge is 0.340 e. The summed E-state index contributed by atoms with van der Waals surface area (Å²) in [6.07, 6.45) is 1.52. The first-order valence-corrected chi connectivity index (χ1v) is 9.34. The van der Waals surface area contributed by atoms with Gasteiger partial charge in [0.2, 0.25) is 0 Å². The lowest BCUT2D eigenvalue weighted by Gasteiger charge is -2.16. The number of para-hydroxylation sites is 1. The number of esters is 1. The van der Waals surface area contributed by atoms with Crippen molar-refractivity contribution in [2.24, 2.45) is 0 Å². The minimum atomic E-state index is -0.699. The summed E-state index contributed by atoms with van der Waals surface area (Å²) < 4.78 is 10.4. The molecule has 0 fully saturated rings. The second-order valence-corrected chi connectivity index (χ2v) is 6.77. The Morgan fingerprint density at radius 2 is 1.83 bits per heavy atom. The van der Waals surface area contributed by atoms with Crippen LogP contribution in [0.4, 0.5) is 5.69 Å². The van der Waals surface area contributed by atoms with Crippen LogP contribution in [-0.2, 0) is 16.1 Å². The fourth-order valence-corrected chi connectivity index (χ4v) is 2.79. The number of carbonyl (C=O) groups excluding carboxylic acids is 3. The van der Waals surface area contributed by atoms with E-state index in [1.165, 1.54) is 17.2 Å². The summed E-state index contributed by atoms with van der Waals surface area (Å²) in [5, 5.41) is 2.73. The zero-order valence-electron chi connectivity index (χ0n) is 16.8. The van der Waals surface area contributed by atoms with Gasteiger partial charge in [0.05, 0.1) is 24.1 Å². The summed E-state index contributed by atoms with van der Waals surface area (Å²) >= 11 is 0. The molecule has 0 radical (unpaired) electrons. The van der Waals surface area contributed by atoms with Crippen molar-refractivity contribution in [2.45, 2.75) is 13.5 Å². The van der Waals surface area contributed by atoms with Gasteiger partial charge in [-0.1, -0.05) is 29.8 Å². The molecule has 0 unspecified atom stereocenters. The van der Waals surface area contributed by atoms with Gasteiger partial charge in [-0.3, -0.25) is 9.59 Å². The number of amides is 2. The van der Waals surface area contributed by atoms with Crippen LogP contribution >= 0.6 is 0 Å². The Bertz CT molecular complexity index is 1040. The normalized spacial score (nSPS) is 10.3. The molecule has 154 valence electrons. The summed E-state index contributed by atoms with van der Waals surface area (Å²) in [6, 6.07) is 17.1. The Morgan fingerprint density at radius 1 is 1.03 bits per heavy atom. The number of hydrogen-bond donors (Lipinski definition) is 1. The Hall–Kier alpha value is -3.87. The molecule has 0 aliphatic carbocycles. The first kappa shape index (κ1) is 20.9. The molecule has 0 atom stereocenters. The minimum absolute atomic E-state index is 0.167. The van der Waals surface area contributed by atoms with Crippen LogP contribution in [-0.4, -0.2) is 36.3 Å². The molecule has 0 aliphatic rings. The Balaban J connectivity index is 1.62. The monoisotopic (exact) mass is 406 g/mol. The molecular weight excluding hydrogens is 384 g/mol. The quantitative estimate of drug-likeness (QED) is 0.605. The summed E-state index contributed by atoms with van der Waals surface area (Å²) in [7, 11) is 1.59. The Morgan fingerprint density at radius 3 is 2.57 bits per heavy atom. The van der Waals surface area contributed by atoms with Gasteiger partial charge in [-0.25, -0.2) is 4.79 Å². The van der Waals surface area contributed by atoms with E-state index in [1.54, 1.807) is 55.6 Å². The maximum Gasteiger partial charge on any atom is 0.340 e. The van der Waals surface area contributed by atoms with E-state index in [4.69, 9.17) is 9.15 Å². The molecule has 0 aliphatic heterocycles. The average molecular weight is 406 g/mol. The lowest BCUT2D eigenvalue weighted by molar-refractivity contribution is -0.133. The van der Waals surface area contributed by atoms with E-state index in [2.05, 4.69) is 5.32 Å². The lowest BCUT2D eigenvalue weighted by Crippen LogP contribution is -2.30. The van der Waals surface area contributed by atoms with Crippen LogP contribution in [0.15, 0.2) is 71.3 Å². The molecule has 2 aromatic carbocycles. The number of rotatable bonds is 7. The number of furan rings is 1. The molecule has 7 heteroatoms. The van der Waals surface area contributed by atoms with Crippen molar-refractivity contribution >= 4 is 23.5 Å². The number of nitrogens with one attached hydrogen (secondary N) is 1. The van der Waals surface area contributed by atoms with E-state index < -0.39 is 12.6 Å². The third-order valence-electron chi connectivity index (χ3n) is 4.40. The van der Waals surface area contributed by atoms with Gasteiger partial charge in [0, 0.05) is 12.6 Å². The van der Waals surface area contributed by atoms with Gasteiger partial charge < -0.3 is 19.4 Å². The number of aryl methyl sites for hydroxylation is 1. The van der Waals surface area contributed by atoms with Crippen LogP contribution < -0.4 is 5.32 Å². The number of ether oxygens (including phenoxy) is 1. The molecule has 0 saturated heterocycles. The molecule has 1 aromatic heterocycles. The van der Waals surface area contributed by atoms with E-state index >= 15 is 0 Å². The van der Waals surface area contributed by atoms with Crippen LogP contribution in [0, 0.1) is 6.92 Å². The van der Waals surface area contributed by atoms with Crippen molar-refractivity contribution in [3.63, 3.8) is 0 Å². The number of likely N-dealkylation sites (N-methyl/N-ethyl adjacent to an activating group) is 1. The zero-order chi connectivity index (χ0) is 21.5. The molecule has 1 heterocycles. The molecule has 30 heavy (non-hydrogen) atoms. The molecule has 3 aromatic rings. The highest BCUT2D eigenvalue weighted by molar-refractivity contribution is 6.08. The van der Waals surface area contributed by atoms with Gasteiger partial charge in [0.25, 0.3) is 11.8 Å². The topological polar surface area (TPSA) is 88.8 Å². The van der Waals surface area contributed by atoms with Gasteiger partial charge in [0.1, 0.15) is 5.76 Å². The van der Waals surface area contributed by atoms with Crippen molar-refractivity contribution in [1.82, 2.24) is 4.90 Å². The second kappa shape index (κ2) is 9.56. The molecule has 2 amide bonds. The highest BCUT2D eigenvalue weighted by Crippen LogP contribution is 2.18. The molecule has 7 nitrogen and oxygen atoms in total. The summed E-state index contributed by atoms with van der Waals surface area (Å²) in [4.78, 5) is 38.7. The van der Waals surface area contributed by atoms with Gasteiger partial charge in [-0.05, 0) is 43.3 Å². The van der Waals surface area contributed by atoms with Crippen molar-refractivity contribution in [3.8, 4) is 0 Å². The van der Waals surface area contributed by atoms with E-state index in [9.17, 15) is 14.4 Å². The molecule has 3 rings (SSSR count). The second-order valence-electron chi connectivity index (χ2n) is 6.77. The molecule has 1 N–H and O–H groups in total. The van der Waals surface area contributed by atoms with Crippen LogP contribution in [0.25, 0.3) is 0 Å². The van der Waals surface area contributed by atoms with Crippen LogP contribution in [0.3, 0.4) is 0 Å². The summed E-state index contributed by atoms with van der Waals surface area (Å²) in [5.74, 6) is -0.787. The van der Waals surface area contributed by atoms with Gasteiger partial charge >= 0.3 is 5.97 Å². The fourth-order valence-electron chi connectivity index (χ4n) is 2.79. The fraction of sp³-hybridized carbons (Fsp3) is 0.174. The van der Waals surface area contributed by atoms with Crippen molar-refractivity contribution in [3.05, 3.63) is 89.4 Å². The van der Waals surface area contributed by atoms with Crippen LogP contribution in [0.1, 0.15) is 32.0 Å². The number of carbonyl (C=O) groups is 3. The van der Waals surface area contributed by atoms with Crippen molar-refractivity contribution in [2.75, 3.05) is 19.0 Å². The molecule has 0 saturated carbocycles. The Labute approximate surface area is 174 Å². The standard InChI is InChI=1S/C23H22N2O5/c1-16-7-5-8-17(13-16)22(27)24-20-11-4-3-10-19(20)23(28)30-15-21(26)25(2)14-18-9-6-12-29-18/h3-13H,14-15H2,1-2H3,(H,24,27). The third-order valence-corrected chi connectivity index (χ3v) is 4.40. The first-order valence-electron chi connectivity index (χ1n) is 9.34. The van der Waals surface area contributed by atoms with Gasteiger partial charge in [0.15, 0.2) is 6.61 Å².